The quantitative estimate of drug-likeness (QED) is 0.849. The van der Waals surface area contributed by atoms with Crippen molar-refractivity contribution in [2.45, 2.75) is 25.5 Å². The van der Waals surface area contributed by atoms with E-state index in [4.69, 9.17) is 4.74 Å². The Kier molecular flexibility index (Phi) is 4.00. The first-order chi connectivity index (χ1) is 10.1. The summed E-state index contributed by atoms with van der Waals surface area (Å²) in [6.45, 7) is 2.06. The molecule has 21 heavy (non-hydrogen) atoms. The van der Waals surface area contributed by atoms with Crippen LogP contribution in [0.4, 0.5) is 4.39 Å². The largest absolute Gasteiger partial charge is 0.485 e. The first kappa shape index (κ1) is 14.5. The van der Waals surface area contributed by atoms with E-state index in [0.29, 0.717) is 12.0 Å². The van der Waals surface area contributed by atoms with Crippen LogP contribution in [0.3, 0.4) is 0 Å². The summed E-state index contributed by atoms with van der Waals surface area (Å²) < 4.78 is 21.0. The van der Waals surface area contributed by atoms with Crippen LogP contribution in [0.5, 0.6) is 5.75 Å². The van der Waals surface area contributed by atoms with Crippen molar-refractivity contribution in [3.05, 3.63) is 63.4 Å². The molecule has 2 nitrogen and oxygen atoms in total. The van der Waals surface area contributed by atoms with Crippen LogP contribution in [0.15, 0.2) is 40.9 Å². The van der Waals surface area contributed by atoms with Crippen LogP contribution in [-0.4, -0.2) is 7.05 Å². The predicted octanol–water partition coefficient (Wildman–Crippen LogP) is 4.68. The highest BCUT2D eigenvalue weighted by molar-refractivity contribution is 9.10. The Hall–Kier alpha value is -1.39. The molecule has 1 aliphatic rings. The van der Waals surface area contributed by atoms with Gasteiger partial charge in [0.1, 0.15) is 17.7 Å². The molecule has 4 heteroatoms. The molecule has 0 spiro atoms. The Morgan fingerprint density at radius 2 is 2.00 bits per heavy atom. The molecule has 1 N–H and O–H groups in total. The van der Waals surface area contributed by atoms with E-state index in [2.05, 4.69) is 34.2 Å². The molecule has 0 radical (unpaired) electrons. The zero-order valence-corrected chi connectivity index (χ0v) is 13.6. The lowest BCUT2D eigenvalue weighted by molar-refractivity contribution is 0.150. The number of fused-ring (bicyclic) bond motifs is 1. The van der Waals surface area contributed by atoms with Crippen molar-refractivity contribution < 1.29 is 9.13 Å². The molecule has 110 valence electrons. The number of ether oxygens (including phenoxy) is 1. The summed E-state index contributed by atoms with van der Waals surface area (Å²) in [7, 11) is 1.93. The van der Waals surface area contributed by atoms with Crippen molar-refractivity contribution in [1.29, 1.82) is 0 Å². The fourth-order valence-electron chi connectivity index (χ4n) is 2.82. The topological polar surface area (TPSA) is 21.3 Å². The monoisotopic (exact) mass is 349 g/mol. The van der Waals surface area contributed by atoms with Gasteiger partial charge >= 0.3 is 0 Å². The van der Waals surface area contributed by atoms with Gasteiger partial charge in [0.25, 0.3) is 0 Å². The minimum absolute atomic E-state index is 0.164. The molecule has 3 rings (SSSR count). The van der Waals surface area contributed by atoms with Crippen LogP contribution in [0, 0.1) is 12.7 Å². The van der Waals surface area contributed by atoms with Gasteiger partial charge in [-0.25, -0.2) is 4.39 Å². The third kappa shape index (κ3) is 2.83. The number of halogens is 2. The normalized spacial score (nSPS) is 20.8. The highest BCUT2D eigenvalue weighted by Gasteiger charge is 2.30. The van der Waals surface area contributed by atoms with E-state index >= 15 is 0 Å². The number of nitrogens with one attached hydrogen (secondary N) is 1. The van der Waals surface area contributed by atoms with Crippen LogP contribution in [-0.2, 0) is 0 Å². The molecule has 2 aromatic rings. The molecule has 1 aliphatic heterocycles. The number of aryl methyl sites for hydroxylation is 1. The van der Waals surface area contributed by atoms with E-state index in [1.165, 1.54) is 11.6 Å². The van der Waals surface area contributed by atoms with Crippen molar-refractivity contribution in [2.24, 2.45) is 0 Å². The molecule has 0 saturated carbocycles. The van der Waals surface area contributed by atoms with E-state index in [9.17, 15) is 4.39 Å². The lowest BCUT2D eigenvalue weighted by Gasteiger charge is -2.32. The molecule has 0 aromatic heterocycles. The Morgan fingerprint density at radius 1 is 1.19 bits per heavy atom. The van der Waals surface area contributed by atoms with Crippen LogP contribution in [0.1, 0.15) is 35.3 Å². The lowest BCUT2D eigenvalue weighted by Crippen LogP contribution is -2.27. The van der Waals surface area contributed by atoms with E-state index in [-0.39, 0.29) is 18.0 Å². The van der Waals surface area contributed by atoms with Crippen molar-refractivity contribution in [3.8, 4) is 5.75 Å². The number of hydrogen-bond acceptors (Lipinski definition) is 2. The van der Waals surface area contributed by atoms with E-state index < -0.39 is 0 Å². The first-order valence-corrected chi connectivity index (χ1v) is 7.77. The summed E-state index contributed by atoms with van der Waals surface area (Å²) in [5.41, 5.74) is 2.93. The van der Waals surface area contributed by atoms with Gasteiger partial charge in [0.2, 0.25) is 0 Å². The van der Waals surface area contributed by atoms with Gasteiger partial charge in [-0.05, 0) is 38.2 Å². The average molecular weight is 350 g/mol. The molecule has 2 aromatic carbocycles. The van der Waals surface area contributed by atoms with Crippen LogP contribution in [0.25, 0.3) is 0 Å². The highest BCUT2D eigenvalue weighted by atomic mass is 79.9. The van der Waals surface area contributed by atoms with Crippen molar-refractivity contribution in [1.82, 2.24) is 5.32 Å². The molecule has 1 heterocycles. The van der Waals surface area contributed by atoms with Crippen LogP contribution < -0.4 is 10.1 Å². The van der Waals surface area contributed by atoms with Gasteiger partial charge in [0.15, 0.2) is 0 Å². The maximum atomic E-state index is 14.1. The fourth-order valence-corrected chi connectivity index (χ4v) is 3.19. The number of benzene rings is 2. The van der Waals surface area contributed by atoms with Gasteiger partial charge in [-0.2, -0.15) is 0 Å². The Bertz CT molecular complexity index is 674. The Morgan fingerprint density at radius 3 is 2.76 bits per heavy atom. The van der Waals surface area contributed by atoms with Crippen molar-refractivity contribution in [2.75, 3.05) is 7.05 Å². The van der Waals surface area contributed by atoms with Gasteiger partial charge in [-0.3, -0.25) is 0 Å². The van der Waals surface area contributed by atoms with Crippen molar-refractivity contribution in [3.63, 3.8) is 0 Å². The predicted molar refractivity (Wildman–Crippen MR) is 85.1 cm³/mol. The molecule has 0 saturated heterocycles. The minimum Gasteiger partial charge on any atom is -0.485 e. The smallest absolute Gasteiger partial charge is 0.130 e. The average Bonchev–Trinajstić information content (AvgIpc) is 2.48. The second kappa shape index (κ2) is 5.78. The van der Waals surface area contributed by atoms with Crippen LogP contribution in [0.2, 0.25) is 0 Å². The Labute approximate surface area is 132 Å². The Balaban J connectivity index is 2.00. The van der Waals surface area contributed by atoms with E-state index in [1.807, 2.05) is 19.2 Å². The lowest BCUT2D eigenvalue weighted by atomic mass is 9.92. The first-order valence-electron chi connectivity index (χ1n) is 6.98. The maximum Gasteiger partial charge on any atom is 0.130 e. The highest BCUT2D eigenvalue weighted by Crippen LogP contribution is 2.42. The van der Waals surface area contributed by atoms with Crippen molar-refractivity contribution >= 4 is 15.9 Å². The summed E-state index contributed by atoms with van der Waals surface area (Å²) >= 11 is 3.40. The third-order valence-electron chi connectivity index (χ3n) is 3.91. The molecular formula is C17H17BrFNO. The molecule has 0 amide bonds. The van der Waals surface area contributed by atoms with Crippen LogP contribution >= 0.6 is 15.9 Å². The maximum absolute atomic E-state index is 14.1. The molecular weight excluding hydrogens is 333 g/mol. The van der Waals surface area contributed by atoms with Gasteiger partial charge in [0.05, 0.1) is 0 Å². The molecule has 2 atom stereocenters. The summed E-state index contributed by atoms with van der Waals surface area (Å²) in [6, 6.07) is 11.3. The molecule has 2 unspecified atom stereocenters. The summed E-state index contributed by atoms with van der Waals surface area (Å²) in [6.07, 6.45) is 0.426. The van der Waals surface area contributed by atoms with Gasteiger partial charge in [-0.1, -0.05) is 33.6 Å². The summed E-state index contributed by atoms with van der Waals surface area (Å²) in [4.78, 5) is 0. The van der Waals surface area contributed by atoms with E-state index in [0.717, 1.165) is 15.8 Å². The van der Waals surface area contributed by atoms with Gasteiger partial charge in [-0.15, -0.1) is 0 Å². The van der Waals surface area contributed by atoms with Gasteiger partial charge in [0, 0.05) is 28.1 Å². The second-order valence-corrected chi connectivity index (χ2v) is 6.31. The molecule has 0 aliphatic carbocycles. The zero-order chi connectivity index (χ0) is 15.0. The second-order valence-electron chi connectivity index (χ2n) is 5.39. The summed E-state index contributed by atoms with van der Waals surface area (Å²) in [5, 5.41) is 3.31. The fraction of sp³-hybridized carbons (Fsp3) is 0.294. The number of rotatable bonds is 2. The standard InChI is InChI=1S/C17H17BrFNO/c1-10-3-6-16-13(7-10)15(20-2)9-17(21-16)12-8-11(18)4-5-14(12)19/h3-8,15,17,20H,9H2,1-2H3. The number of hydrogen-bond donors (Lipinski definition) is 1. The molecule has 0 bridgehead atoms. The third-order valence-corrected chi connectivity index (χ3v) is 4.41. The summed E-state index contributed by atoms with van der Waals surface area (Å²) in [5.74, 6) is 0.601. The van der Waals surface area contributed by atoms with E-state index in [1.54, 1.807) is 12.1 Å². The SMILES string of the molecule is CNC1CC(c2cc(Br)ccc2F)Oc2ccc(C)cc21. The van der Waals surface area contributed by atoms with Gasteiger partial charge < -0.3 is 10.1 Å². The zero-order valence-electron chi connectivity index (χ0n) is 12.0. The minimum atomic E-state index is -0.282. The molecule has 0 fully saturated rings.